The molecule has 1 saturated heterocycles. The van der Waals surface area contributed by atoms with Gasteiger partial charge in [-0.15, -0.1) is 0 Å². The fraction of sp³-hybridized carbons (Fsp3) is 0.571. The van der Waals surface area contributed by atoms with Crippen molar-refractivity contribution in [2.45, 2.75) is 44.9 Å². The molecule has 0 bridgehead atoms. The van der Waals surface area contributed by atoms with Crippen molar-refractivity contribution in [1.82, 2.24) is 0 Å². The minimum absolute atomic E-state index is 0.0287. The highest BCUT2D eigenvalue weighted by Gasteiger charge is 2.32. The van der Waals surface area contributed by atoms with Gasteiger partial charge in [0, 0.05) is 17.1 Å². The van der Waals surface area contributed by atoms with Crippen molar-refractivity contribution in [1.29, 1.82) is 0 Å². The zero-order chi connectivity index (χ0) is 13.2. The maximum atomic E-state index is 6.08. The van der Waals surface area contributed by atoms with Crippen LogP contribution < -0.4 is 10.5 Å². The molecule has 0 aliphatic carbocycles. The Morgan fingerprint density at radius 3 is 2.89 bits per heavy atom. The molecule has 100 valence electrons. The van der Waals surface area contributed by atoms with Crippen LogP contribution in [0, 0.1) is 0 Å². The van der Waals surface area contributed by atoms with Crippen LogP contribution in [0.2, 0.25) is 5.02 Å². The summed E-state index contributed by atoms with van der Waals surface area (Å²) in [6.45, 7) is 5.15. The summed E-state index contributed by atoms with van der Waals surface area (Å²) in [5.41, 5.74) is 6.51. The number of hydrogen-bond donors (Lipinski definition) is 1. The molecule has 4 heteroatoms. The average Bonchev–Trinajstić information content (AvgIpc) is 2.66. The summed E-state index contributed by atoms with van der Waals surface area (Å²) in [5.74, 6) is 0.762. The van der Waals surface area contributed by atoms with Crippen LogP contribution >= 0.6 is 11.6 Å². The first-order valence-corrected chi connectivity index (χ1v) is 6.68. The first-order chi connectivity index (χ1) is 8.52. The third-order valence-corrected chi connectivity index (χ3v) is 3.61. The third kappa shape index (κ3) is 3.16. The predicted molar refractivity (Wildman–Crippen MR) is 73.0 cm³/mol. The lowest BCUT2D eigenvalue weighted by molar-refractivity contribution is -0.0327. The van der Waals surface area contributed by atoms with E-state index in [1.54, 1.807) is 0 Å². The molecule has 0 saturated carbocycles. The highest BCUT2D eigenvalue weighted by molar-refractivity contribution is 6.31. The second kappa shape index (κ2) is 5.47. The molecule has 2 N–H and O–H groups in total. The van der Waals surface area contributed by atoms with Crippen LogP contribution in [-0.2, 0) is 11.3 Å². The molecule has 2 rings (SSSR count). The van der Waals surface area contributed by atoms with Crippen LogP contribution in [-0.4, -0.2) is 18.3 Å². The van der Waals surface area contributed by atoms with Crippen LogP contribution in [0.25, 0.3) is 0 Å². The summed E-state index contributed by atoms with van der Waals surface area (Å²) in [4.78, 5) is 0. The Kier molecular flexibility index (Phi) is 4.15. The van der Waals surface area contributed by atoms with E-state index in [0.29, 0.717) is 18.2 Å². The quantitative estimate of drug-likeness (QED) is 0.913. The maximum Gasteiger partial charge on any atom is 0.125 e. The molecule has 1 aromatic carbocycles. The minimum atomic E-state index is -0.0287. The van der Waals surface area contributed by atoms with Gasteiger partial charge >= 0.3 is 0 Å². The average molecular weight is 270 g/mol. The fourth-order valence-electron chi connectivity index (χ4n) is 2.25. The van der Waals surface area contributed by atoms with Gasteiger partial charge in [-0.05, 0) is 38.8 Å². The lowest BCUT2D eigenvalue weighted by Crippen LogP contribution is -2.24. The normalized spacial score (nSPS) is 22.1. The summed E-state index contributed by atoms with van der Waals surface area (Å²) in [6, 6.07) is 5.59. The Labute approximate surface area is 113 Å². The van der Waals surface area contributed by atoms with Gasteiger partial charge in [-0.2, -0.15) is 0 Å². The van der Waals surface area contributed by atoms with Gasteiger partial charge in [0.1, 0.15) is 12.4 Å². The van der Waals surface area contributed by atoms with Crippen molar-refractivity contribution in [3.63, 3.8) is 0 Å². The Balaban J connectivity index is 1.97. The van der Waals surface area contributed by atoms with Crippen LogP contribution in [0.1, 0.15) is 32.3 Å². The summed E-state index contributed by atoms with van der Waals surface area (Å²) < 4.78 is 11.7. The lowest BCUT2D eigenvalue weighted by Gasteiger charge is -2.20. The van der Waals surface area contributed by atoms with Gasteiger partial charge in [0.25, 0.3) is 0 Å². The number of halogens is 1. The van der Waals surface area contributed by atoms with Crippen LogP contribution in [0.5, 0.6) is 5.75 Å². The molecule has 0 spiro atoms. The van der Waals surface area contributed by atoms with Crippen molar-refractivity contribution < 1.29 is 9.47 Å². The number of ether oxygens (including phenoxy) is 2. The van der Waals surface area contributed by atoms with E-state index in [2.05, 4.69) is 13.8 Å². The Morgan fingerprint density at radius 2 is 2.28 bits per heavy atom. The molecule has 0 radical (unpaired) electrons. The van der Waals surface area contributed by atoms with E-state index in [1.807, 2.05) is 18.2 Å². The van der Waals surface area contributed by atoms with E-state index in [0.717, 1.165) is 24.2 Å². The van der Waals surface area contributed by atoms with Crippen LogP contribution in [0.3, 0.4) is 0 Å². The van der Waals surface area contributed by atoms with Crippen LogP contribution in [0.4, 0.5) is 0 Å². The SMILES string of the molecule is CC1(C)CCC(COc2cccc(Cl)c2CN)O1. The highest BCUT2D eigenvalue weighted by Crippen LogP contribution is 2.31. The number of hydrogen-bond acceptors (Lipinski definition) is 3. The molecule has 0 aromatic heterocycles. The van der Waals surface area contributed by atoms with Gasteiger partial charge in [0.05, 0.1) is 11.7 Å². The zero-order valence-corrected chi connectivity index (χ0v) is 11.7. The summed E-state index contributed by atoms with van der Waals surface area (Å²) >= 11 is 6.08. The molecule has 1 fully saturated rings. The van der Waals surface area contributed by atoms with Crippen molar-refractivity contribution in [3.05, 3.63) is 28.8 Å². The van der Waals surface area contributed by atoms with Crippen molar-refractivity contribution in [3.8, 4) is 5.75 Å². The second-order valence-corrected chi connectivity index (χ2v) is 5.68. The zero-order valence-electron chi connectivity index (χ0n) is 10.9. The predicted octanol–water partition coefficient (Wildman–Crippen LogP) is 3.14. The van der Waals surface area contributed by atoms with E-state index in [4.69, 9.17) is 26.8 Å². The first kappa shape index (κ1) is 13.7. The summed E-state index contributed by atoms with van der Waals surface area (Å²) in [7, 11) is 0. The third-order valence-electron chi connectivity index (χ3n) is 3.26. The molecule has 3 nitrogen and oxygen atoms in total. The van der Waals surface area contributed by atoms with E-state index in [9.17, 15) is 0 Å². The van der Waals surface area contributed by atoms with Gasteiger partial charge < -0.3 is 15.2 Å². The number of benzene rings is 1. The van der Waals surface area contributed by atoms with Gasteiger partial charge in [0.2, 0.25) is 0 Å². The standard InChI is InChI=1S/C14H20ClNO2/c1-14(2)7-6-10(18-14)9-17-13-5-3-4-12(15)11(13)8-16/h3-5,10H,6-9,16H2,1-2H3. The monoisotopic (exact) mass is 269 g/mol. The molecule has 1 atom stereocenters. The smallest absolute Gasteiger partial charge is 0.125 e. The van der Waals surface area contributed by atoms with E-state index in [1.165, 1.54) is 0 Å². The highest BCUT2D eigenvalue weighted by atomic mass is 35.5. The summed E-state index contributed by atoms with van der Waals surface area (Å²) in [5, 5.41) is 0.655. The lowest BCUT2D eigenvalue weighted by atomic mass is 10.1. The van der Waals surface area contributed by atoms with Gasteiger partial charge in [0.15, 0.2) is 0 Å². The molecule has 1 aromatic rings. The molecule has 1 aliphatic rings. The number of nitrogens with two attached hydrogens (primary N) is 1. The topological polar surface area (TPSA) is 44.5 Å². The molecular weight excluding hydrogens is 250 g/mol. The Morgan fingerprint density at radius 1 is 1.50 bits per heavy atom. The van der Waals surface area contributed by atoms with Crippen LogP contribution in [0.15, 0.2) is 18.2 Å². The Hall–Kier alpha value is -0.770. The molecule has 1 unspecified atom stereocenters. The van der Waals surface area contributed by atoms with E-state index < -0.39 is 0 Å². The van der Waals surface area contributed by atoms with Gasteiger partial charge in [-0.25, -0.2) is 0 Å². The fourth-order valence-corrected chi connectivity index (χ4v) is 2.49. The van der Waals surface area contributed by atoms with Gasteiger partial charge in [-0.3, -0.25) is 0 Å². The molecular formula is C14H20ClNO2. The summed E-state index contributed by atoms with van der Waals surface area (Å²) in [6.07, 6.45) is 2.26. The van der Waals surface area contributed by atoms with Gasteiger partial charge in [-0.1, -0.05) is 17.7 Å². The van der Waals surface area contributed by atoms with Crippen molar-refractivity contribution in [2.24, 2.45) is 5.73 Å². The first-order valence-electron chi connectivity index (χ1n) is 6.30. The molecule has 1 aliphatic heterocycles. The number of rotatable bonds is 4. The largest absolute Gasteiger partial charge is 0.490 e. The molecule has 1 heterocycles. The molecule has 18 heavy (non-hydrogen) atoms. The van der Waals surface area contributed by atoms with Crippen molar-refractivity contribution in [2.75, 3.05) is 6.61 Å². The minimum Gasteiger partial charge on any atom is -0.490 e. The van der Waals surface area contributed by atoms with E-state index >= 15 is 0 Å². The Bertz CT molecular complexity index is 420. The maximum absolute atomic E-state index is 6.08. The molecule has 0 amide bonds. The second-order valence-electron chi connectivity index (χ2n) is 5.27. The van der Waals surface area contributed by atoms with Crippen molar-refractivity contribution >= 4 is 11.6 Å². The van der Waals surface area contributed by atoms with E-state index in [-0.39, 0.29) is 11.7 Å².